The Balaban J connectivity index is 4.55. The third kappa shape index (κ3) is 26.0. The lowest BCUT2D eigenvalue weighted by Crippen LogP contribution is -2.50. The number of allylic oxidation sites excluding steroid dienone is 4. The van der Waals surface area contributed by atoms with E-state index in [1.54, 1.807) is 0 Å². The zero-order chi connectivity index (χ0) is 32.2. The molecule has 8 heteroatoms. The summed E-state index contributed by atoms with van der Waals surface area (Å²) in [6.45, 7) is 4.58. The molecule has 0 fully saturated rings. The third-order valence-corrected chi connectivity index (χ3v) is 7.32. The summed E-state index contributed by atoms with van der Waals surface area (Å²) in [6.07, 6.45) is 25.2. The molecule has 43 heavy (non-hydrogen) atoms. The molecule has 0 heterocycles. The highest BCUT2D eigenvalue weighted by Crippen LogP contribution is 2.11. The van der Waals surface area contributed by atoms with Crippen LogP contribution in [0, 0.1) is 0 Å². The summed E-state index contributed by atoms with van der Waals surface area (Å²) in [5.41, 5.74) is 0. The van der Waals surface area contributed by atoms with Gasteiger partial charge in [0.2, 0.25) is 0 Å². The van der Waals surface area contributed by atoms with Gasteiger partial charge in [-0.2, -0.15) is 0 Å². The van der Waals surface area contributed by atoms with Crippen LogP contribution >= 0.6 is 0 Å². The fourth-order valence-corrected chi connectivity index (χ4v) is 4.60. The van der Waals surface area contributed by atoms with Gasteiger partial charge in [-0.1, -0.05) is 83.1 Å². The van der Waals surface area contributed by atoms with Crippen LogP contribution < -0.4 is 0 Å². The number of esters is 2. The number of ether oxygens (including phenoxy) is 3. The maximum atomic E-state index is 12.5. The van der Waals surface area contributed by atoms with Crippen molar-refractivity contribution in [2.45, 2.75) is 142 Å². The van der Waals surface area contributed by atoms with Crippen molar-refractivity contribution < 1.29 is 38.2 Å². The Morgan fingerprint density at radius 2 is 1.21 bits per heavy atom. The van der Waals surface area contributed by atoms with Crippen LogP contribution in [0.15, 0.2) is 24.3 Å². The Morgan fingerprint density at radius 3 is 1.79 bits per heavy atom. The van der Waals surface area contributed by atoms with Gasteiger partial charge in [0.15, 0.2) is 12.1 Å². The smallest absolute Gasteiger partial charge is 0.362 e. The van der Waals surface area contributed by atoms with Gasteiger partial charge in [-0.3, -0.25) is 9.59 Å². The molecule has 0 rings (SSSR count). The number of quaternary nitrogens is 1. The molecular weight excluding hydrogens is 546 g/mol. The van der Waals surface area contributed by atoms with Crippen molar-refractivity contribution >= 4 is 17.9 Å². The number of likely N-dealkylation sites (N-methyl/N-ethyl adjacent to an activating group) is 1. The molecule has 2 atom stereocenters. The van der Waals surface area contributed by atoms with Crippen molar-refractivity contribution in [3.8, 4) is 0 Å². The van der Waals surface area contributed by atoms with Crippen LogP contribution in [0.3, 0.4) is 0 Å². The number of rotatable bonds is 29. The fourth-order valence-electron chi connectivity index (χ4n) is 4.60. The molecule has 0 saturated heterocycles. The topological polar surface area (TPSA) is 99.1 Å². The highest BCUT2D eigenvalue weighted by molar-refractivity contribution is 5.72. The summed E-state index contributed by atoms with van der Waals surface area (Å²) in [5.74, 6) is -1.54. The Hall–Kier alpha value is -2.19. The van der Waals surface area contributed by atoms with E-state index in [1.165, 1.54) is 38.5 Å². The minimum atomic E-state index is -0.883. The van der Waals surface area contributed by atoms with Crippen LogP contribution in [0.25, 0.3) is 0 Å². The van der Waals surface area contributed by atoms with Crippen LogP contribution in [0.4, 0.5) is 0 Å². The SMILES string of the molecule is CCCC/C=C/CCCCCCC(=O)OCC(COCCC(C(=O)O)[N+](C)(C)C)OC(=O)CCC/C=C/CCCCCC. The number of nitrogens with zero attached hydrogens (tertiary/aromatic N) is 1. The van der Waals surface area contributed by atoms with Crippen molar-refractivity contribution in [3.63, 3.8) is 0 Å². The fraction of sp³-hybridized carbons (Fsp3) is 0.800. The Labute approximate surface area is 262 Å². The van der Waals surface area contributed by atoms with Gasteiger partial charge < -0.3 is 23.8 Å². The lowest BCUT2D eigenvalue weighted by Gasteiger charge is -2.31. The predicted molar refractivity (Wildman–Crippen MR) is 174 cm³/mol. The zero-order valence-electron chi connectivity index (χ0n) is 28.2. The highest BCUT2D eigenvalue weighted by atomic mass is 16.6. The number of hydrogen-bond donors (Lipinski definition) is 1. The van der Waals surface area contributed by atoms with Gasteiger partial charge in [0, 0.05) is 19.3 Å². The molecule has 0 amide bonds. The molecule has 0 spiro atoms. The van der Waals surface area contributed by atoms with Crippen molar-refractivity contribution in [3.05, 3.63) is 24.3 Å². The van der Waals surface area contributed by atoms with E-state index in [4.69, 9.17) is 14.2 Å². The van der Waals surface area contributed by atoms with Gasteiger partial charge >= 0.3 is 17.9 Å². The van der Waals surface area contributed by atoms with E-state index in [-0.39, 0.29) is 42.7 Å². The molecule has 0 aromatic rings. The number of aliphatic carboxylic acids is 1. The second-order valence-corrected chi connectivity index (χ2v) is 12.4. The first-order valence-electron chi connectivity index (χ1n) is 16.9. The quantitative estimate of drug-likeness (QED) is 0.0399. The molecule has 0 aliphatic rings. The minimum Gasteiger partial charge on any atom is -0.477 e. The summed E-state index contributed by atoms with van der Waals surface area (Å²) in [7, 11) is 5.49. The number of carbonyl (C=O) groups excluding carboxylic acids is 2. The zero-order valence-corrected chi connectivity index (χ0v) is 28.2. The summed E-state index contributed by atoms with van der Waals surface area (Å²) in [5, 5.41) is 9.53. The maximum absolute atomic E-state index is 12.5. The lowest BCUT2D eigenvalue weighted by atomic mass is 10.1. The molecule has 0 saturated carbocycles. The van der Waals surface area contributed by atoms with Crippen LogP contribution in [0.5, 0.6) is 0 Å². The largest absolute Gasteiger partial charge is 0.477 e. The van der Waals surface area contributed by atoms with Gasteiger partial charge in [0.25, 0.3) is 0 Å². The normalized spacial score (nSPS) is 13.4. The van der Waals surface area contributed by atoms with Crippen LogP contribution in [-0.2, 0) is 28.6 Å². The summed E-state index contributed by atoms with van der Waals surface area (Å²) >= 11 is 0. The highest BCUT2D eigenvalue weighted by Gasteiger charge is 2.31. The average Bonchev–Trinajstić information content (AvgIpc) is 2.94. The number of unbranched alkanes of at least 4 members (excludes halogenated alkanes) is 11. The van der Waals surface area contributed by atoms with Crippen LogP contribution in [-0.4, -0.2) is 80.6 Å². The molecule has 0 aromatic heterocycles. The average molecular weight is 611 g/mol. The molecule has 8 nitrogen and oxygen atoms in total. The van der Waals surface area contributed by atoms with Crippen molar-refractivity contribution in [1.29, 1.82) is 0 Å². The van der Waals surface area contributed by atoms with Gasteiger partial charge in [0.05, 0.1) is 34.4 Å². The number of carboxylic acids is 1. The maximum Gasteiger partial charge on any atom is 0.362 e. The van der Waals surface area contributed by atoms with E-state index >= 15 is 0 Å². The summed E-state index contributed by atoms with van der Waals surface area (Å²) in [4.78, 5) is 36.5. The first-order chi connectivity index (χ1) is 20.6. The molecule has 0 radical (unpaired) electrons. The molecule has 0 aromatic carbocycles. The van der Waals surface area contributed by atoms with E-state index in [0.717, 1.165) is 51.4 Å². The van der Waals surface area contributed by atoms with E-state index in [1.807, 2.05) is 21.1 Å². The molecule has 250 valence electrons. The second kappa shape index (κ2) is 27.4. The monoisotopic (exact) mass is 610 g/mol. The molecule has 2 unspecified atom stereocenters. The standard InChI is InChI=1S/C35H63NO7/c1-6-8-10-12-14-16-18-19-21-23-25-33(37)42-30-31(29-41-28-27-32(35(39)40)36(3,4)5)43-34(38)26-24-22-20-17-15-13-11-9-7-2/h12,14,17,20,31-32H,6-11,13,15-16,18-19,21-30H2,1-5H3/p+1/b14-12+,20-17+. The van der Waals surface area contributed by atoms with E-state index in [2.05, 4.69) is 38.2 Å². The van der Waals surface area contributed by atoms with E-state index in [9.17, 15) is 19.5 Å². The first-order valence-corrected chi connectivity index (χ1v) is 16.9. The predicted octanol–water partition coefficient (Wildman–Crippen LogP) is 7.79. The van der Waals surface area contributed by atoms with Crippen molar-refractivity contribution in [2.24, 2.45) is 0 Å². The lowest BCUT2D eigenvalue weighted by molar-refractivity contribution is -0.887. The second-order valence-electron chi connectivity index (χ2n) is 12.4. The van der Waals surface area contributed by atoms with Crippen LogP contribution in [0.1, 0.15) is 129 Å². The van der Waals surface area contributed by atoms with Gasteiger partial charge in [-0.05, 0) is 51.4 Å². The Bertz CT molecular complexity index is 773. The van der Waals surface area contributed by atoms with E-state index < -0.39 is 18.1 Å². The summed E-state index contributed by atoms with van der Waals surface area (Å²) in [6, 6.07) is -0.615. The number of carboxylic acid groups (broad SMARTS) is 1. The molecule has 1 N–H and O–H groups in total. The summed E-state index contributed by atoms with van der Waals surface area (Å²) < 4.78 is 17.0. The number of carbonyl (C=O) groups is 3. The molecule has 0 aliphatic carbocycles. The van der Waals surface area contributed by atoms with Crippen molar-refractivity contribution in [1.82, 2.24) is 0 Å². The number of hydrogen-bond acceptors (Lipinski definition) is 6. The molecular formula is C35H64NO7+. The van der Waals surface area contributed by atoms with Gasteiger partial charge in [0.1, 0.15) is 6.61 Å². The molecule has 0 bridgehead atoms. The van der Waals surface area contributed by atoms with Crippen LogP contribution in [0.2, 0.25) is 0 Å². The van der Waals surface area contributed by atoms with Gasteiger partial charge in [-0.25, -0.2) is 4.79 Å². The Morgan fingerprint density at radius 1 is 0.674 bits per heavy atom. The molecule has 0 aliphatic heterocycles. The third-order valence-electron chi connectivity index (χ3n) is 7.32. The van der Waals surface area contributed by atoms with Crippen molar-refractivity contribution in [2.75, 3.05) is 41.0 Å². The first kappa shape index (κ1) is 40.8. The minimum absolute atomic E-state index is 0.0476. The van der Waals surface area contributed by atoms with E-state index in [0.29, 0.717) is 19.3 Å². The Kier molecular flexibility index (Phi) is 26.0. The van der Waals surface area contributed by atoms with Gasteiger partial charge in [-0.15, -0.1) is 0 Å².